The highest BCUT2D eigenvalue weighted by atomic mass is 32.2. The van der Waals surface area contributed by atoms with E-state index in [2.05, 4.69) is 16.0 Å². The first-order chi connectivity index (χ1) is 21.9. The van der Waals surface area contributed by atoms with Crippen molar-refractivity contribution in [2.45, 2.75) is 10.1 Å². The second-order valence-electron chi connectivity index (χ2n) is 9.66. The summed E-state index contributed by atoms with van der Waals surface area (Å²) in [6.07, 6.45) is 2.91. The maximum Gasteiger partial charge on any atom is 0.335 e. The summed E-state index contributed by atoms with van der Waals surface area (Å²) in [5.41, 5.74) is 2.05. The number of hydrogen-bond donors (Lipinski definition) is 4. The van der Waals surface area contributed by atoms with Crippen LogP contribution < -0.4 is 16.0 Å². The number of furan rings is 1. The molecule has 4 N–H and O–H groups in total. The smallest absolute Gasteiger partial charge is 0.335 e. The van der Waals surface area contributed by atoms with Crippen molar-refractivity contribution in [2.75, 3.05) is 10.6 Å². The number of anilines is 2. The third-order valence-electron chi connectivity index (χ3n) is 6.44. The lowest BCUT2D eigenvalue weighted by Gasteiger charge is -2.18. The number of carbonyl (C=O) groups excluding carboxylic acids is 3. The van der Waals surface area contributed by atoms with Gasteiger partial charge in [-0.1, -0.05) is 54.6 Å². The Bertz CT molecular complexity index is 1820. The summed E-state index contributed by atoms with van der Waals surface area (Å²) in [7, 11) is 0. The van der Waals surface area contributed by atoms with Crippen LogP contribution in [0.3, 0.4) is 0 Å². The Morgan fingerprint density at radius 1 is 0.711 bits per heavy atom. The monoisotopic (exact) mass is 617 g/mol. The van der Waals surface area contributed by atoms with Crippen molar-refractivity contribution in [3.63, 3.8) is 0 Å². The van der Waals surface area contributed by atoms with Crippen molar-refractivity contribution in [2.24, 2.45) is 0 Å². The lowest BCUT2D eigenvalue weighted by atomic mass is 10.1. The second kappa shape index (κ2) is 14.5. The number of hydrogen-bond acceptors (Lipinski definition) is 6. The molecule has 0 aliphatic rings. The molecule has 5 rings (SSSR count). The van der Waals surface area contributed by atoms with Crippen LogP contribution in [0.25, 0.3) is 6.08 Å². The summed E-state index contributed by atoms with van der Waals surface area (Å²) in [4.78, 5) is 51.6. The van der Waals surface area contributed by atoms with Gasteiger partial charge < -0.3 is 25.5 Å². The molecule has 0 aliphatic heterocycles. The molecule has 1 atom stereocenters. The zero-order valence-corrected chi connectivity index (χ0v) is 24.5. The number of amides is 3. The van der Waals surface area contributed by atoms with E-state index in [4.69, 9.17) is 4.42 Å². The van der Waals surface area contributed by atoms with Crippen LogP contribution in [0, 0.1) is 0 Å². The van der Waals surface area contributed by atoms with Crippen molar-refractivity contribution in [1.82, 2.24) is 5.32 Å². The van der Waals surface area contributed by atoms with Crippen LogP contribution in [0.5, 0.6) is 0 Å². The fourth-order valence-corrected chi connectivity index (χ4v) is 5.27. The number of carboxylic acids is 1. The topological polar surface area (TPSA) is 138 Å². The SMILES string of the molecule is O=C(Nc1ccc(SC(C(=O)Nc2cccc(C(=O)O)c2)c2ccccc2)cc1)/C(=C/c1ccco1)NC(=O)c1ccccc1. The molecule has 5 aromatic rings. The Morgan fingerprint density at radius 3 is 2.07 bits per heavy atom. The molecule has 0 radical (unpaired) electrons. The minimum absolute atomic E-state index is 0.00923. The van der Waals surface area contributed by atoms with Gasteiger partial charge in [-0.15, -0.1) is 11.8 Å². The molecule has 9 nitrogen and oxygen atoms in total. The Hall–Kier alpha value is -5.87. The summed E-state index contributed by atoms with van der Waals surface area (Å²) in [6, 6.07) is 34.1. The molecule has 0 fully saturated rings. The molecule has 0 aliphatic carbocycles. The van der Waals surface area contributed by atoms with Crippen LogP contribution in [0.4, 0.5) is 11.4 Å². The first-order valence-electron chi connectivity index (χ1n) is 13.7. The fraction of sp³-hybridized carbons (Fsp3) is 0.0286. The molecule has 0 saturated heterocycles. The molecule has 10 heteroatoms. The first kappa shape index (κ1) is 30.6. The molecule has 0 bridgehead atoms. The van der Waals surface area contributed by atoms with Crippen LogP contribution >= 0.6 is 11.8 Å². The van der Waals surface area contributed by atoms with E-state index in [-0.39, 0.29) is 17.2 Å². The van der Waals surface area contributed by atoms with Gasteiger partial charge in [0.25, 0.3) is 11.8 Å². The summed E-state index contributed by atoms with van der Waals surface area (Å²) in [5, 5.41) is 16.9. The van der Waals surface area contributed by atoms with Gasteiger partial charge in [0.1, 0.15) is 16.7 Å². The highest BCUT2D eigenvalue weighted by molar-refractivity contribution is 8.00. The Labute approximate surface area is 263 Å². The number of carboxylic acid groups (broad SMARTS) is 1. The molecule has 4 aromatic carbocycles. The van der Waals surface area contributed by atoms with Gasteiger partial charge in [-0.05, 0) is 72.3 Å². The average Bonchev–Trinajstić information content (AvgIpc) is 3.58. The normalized spacial score (nSPS) is 11.7. The molecule has 3 amide bonds. The van der Waals surface area contributed by atoms with Crippen LogP contribution in [0.15, 0.2) is 143 Å². The average molecular weight is 618 g/mol. The van der Waals surface area contributed by atoms with Gasteiger partial charge in [0.2, 0.25) is 5.91 Å². The van der Waals surface area contributed by atoms with Gasteiger partial charge in [0, 0.05) is 27.9 Å². The largest absolute Gasteiger partial charge is 0.478 e. The lowest BCUT2D eigenvalue weighted by Crippen LogP contribution is -2.30. The van der Waals surface area contributed by atoms with Gasteiger partial charge in [0.05, 0.1) is 11.8 Å². The van der Waals surface area contributed by atoms with E-state index in [9.17, 15) is 24.3 Å². The van der Waals surface area contributed by atoms with Crippen molar-refractivity contribution in [3.8, 4) is 0 Å². The van der Waals surface area contributed by atoms with E-state index < -0.39 is 23.0 Å². The van der Waals surface area contributed by atoms with Crippen LogP contribution in [-0.2, 0) is 9.59 Å². The molecule has 1 unspecified atom stereocenters. The van der Waals surface area contributed by atoms with Crippen LogP contribution in [0.2, 0.25) is 0 Å². The third-order valence-corrected chi connectivity index (χ3v) is 7.71. The zero-order chi connectivity index (χ0) is 31.6. The standard InChI is InChI=1S/C35H27N3O6S/c39-32(24-11-5-2-6-12-24)38-30(22-28-15-8-20-44-28)33(40)36-26-16-18-29(19-17-26)45-31(23-9-3-1-4-10-23)34(41)37-27-14-7-13-25(21-27)35(42)43/h1-22,31H,(H,36,40)(H,37,41)(H,38,39)(H,42,43)/b30-22-. The zero-order valence-electron chi connectivity index (χ0n) is 23.7. The number of nitrogens with one attached hydrogen (secondary N) is 3. The lowest BCUT2D eigenvalue weighted by molar-refractivity contribution is -0.116. The van der Waals surface area contributed by atoms with Crippen LogP contribution in [-0.4, -0.2) is 28.8 Å². The molecular formula is C35H27N3O6S. The van der Waals surface area contributed by atoms with E-state index in [1.807, 2.05) is 30.3 Å². The van der Waals surface area contributed by atoms with Crippen molar-refractivity contribution < 1.29 is 28.7 Å². The fourth-order valence-electron chi connectivity index (χ4n) is 4.25. The van der Waals surface area contributed by atoms with E-state index in [0.717, 1.165) is 10.5 Å². The molecule has 1 heterocycles. The minimum Gasteiger partial charge on any atom is -0.478 e. The van der Waals surface area contributed by atoms with Gasteiger partial charge >= 0.3 is 5.97 Å². The first-order valence-corrected chi connectivity index (χ1v) is 14.6. The highest BCUT2D eigenvalue weighted by Crippen LogP contribution is 2.37. The molecule has 45 heavy (non-hydrogen) atoms. The van der Waals surface area contributed by atoms with Gasteiger partial charge in [0.15, 0.2) is 0 Å². The molecule has 224 valence electrons. The number of rotatable bonds is 11. The summed E-state index contributed by atoms with van der Waals surface area (Å²) in [5.74, 6) is -2.03. The second-order valence-corrected chi connectivity index (χ2v) is 10.8. The van der Waals surface area contributed by atoms with Crippen LogP contribution in [0.1, 0.15) is 37.3 Å². The van der Waals surface area contributed by atoms with Crippen molar-refractivity contribution >= 4 is 52.9 Å². The van der Waals surface area contributed by atoms with Gasteiger partial charge in [-0.25, -0.2) is 4.79 Å². The summed E-state index contributed by atoms with van der Waals surface area (Å²) < 4.78 is 5.34. The molecule has 1 aromatic heterocycles. The number of benzene rings is 4. The number of carbonyl (C=O) groups is 4. The van der Waals surface area contributed by atoms with Crippen molar-refractivity contribution in [3.05, 3.63) is 156 Å². The molecule has 0 spiro atoms. The number of thioether (sulfide) groups is 1. The summed E-state index contributed by atoms with van der Waals surface area (Å²) >= 11 is 1.30. The van der Waals surface area contributed by atoms with Crippen molar-refractivity contribution in [1.29, 1.82) is 0 Å². The quantitative estimate of drug-likeness (QED) is 0.0939. The Balaban J connectivity index is 1.31. The van der Waals surface area contributed by atoms with E-state index >= 15 is 0 Å². The third kappa shape index (κ3) is 8.37. The Kier molecular flexibility index (Phi) is 9.88. The maximum absolute atomic E-state index is 13.4. The van der Waals surface area contributed by atoms with Gasteiger partial charge in [-0.3, -0.25) is 14.4 Å². The minimum atomic E-state index is -1.09. The maximum atomic E-state index is 13.4. The summed E-state index contributed by atoms with van der Waals surface area (Å²) in [6.45, 7) is 0. The van der Waals surface area contributed by atoms with Gasteiger partial charge in [-0.2, -0.15) is 0 Å². The molecular weight excluding hydrogens is 590 g/mol. The van der Waals surface area contributed by atoms with E-state index in [0.29, 0.717) is 22.7 Å². The molecule has 0 saturated carbocycles. The van der Waals surface area contributed by atoms with E-state index in [1.54, 1.807) is 78.9 Å². The Morgan fingerprint density at radius 2 is 1.40 bits per heavy atom. The predicted molar refractivity (Wildman–Crippen MR) is 173 cm³/mol. The van der Waals surface area contributed by atoms with E-state index in [1.165, 1.54) is 36.2 Å². The predicted octanol–water partition coefficient (Wildman–Crippen LogP) is 6.86. The highest BCUT2D eigenvalue weighted by Gasteiger charge is 2.23. The number of aromatic carboxylic acids is 1.